The maximum absolute atomic E-state index is 6.10. The van der Waals surface area contributed by atoms with Crippen molar-refractivity contribution in [2.45, 2.75) is 0 Å². The molecule has 4 N–H and O–H groups in total. The summed E-state index contributed by atoms with van der Waals surface area (Å²) in [4.78, 5) is 0. The van der Waals surface area contributed by atoms with Gasteiger partial charge in [-0.2, -0.15) is 0 Å². The van der Waals surface area contributed by atoms with Crippen LogP contribution in [0.25, 0.3) is 11.1 Å². The Balaban J connectivity index is 0.00000144. The third-order valence-corrected chi connectivity index (χ3v) is 2.94. The average molecular weight is 290 g/mol. The summed E-state index contributed by atoms with van der Waals surface area (Å²) in [6.45, 7) is 0. The van der Waals surface area contributed by atoms with E-state index in [2.05, 4.69) is 0 Å². The van der Waals surface area contributed by atoms with Crippen molar-refractivity contribution < 1.29 is 0 Å². The summed E-state index contributed by atoms with van der Waals surface area (Å²) in [5.74, 6) is 0. The largest absolute Gasteiger partial charge is 0.399 e. The van der Waals surface area contributed by atoms with Gasteiger partial charge in [0.1, 0.15) is 0 Å². The molecular formula is C12H11Cl3N2. The summed E-state index contributed by atoms with van der Waals surface area (Å²) in [5.41, 5.74) is 14.3. The highest BCUT2D eigenvalue weighted by Gasteiger charge is 2.05. The molecule has 0 aliphatic carbocycles. The van der Waals surface area contributed by atoms with E-state index in [9.17, 15) is 0 Å². The molecule has 2 rings (SSSR count). The van der Waals surface area contributed by atoms with Crippen molar-refractivity contribution in [1.29, 1.82) is 0 Å². The molecular weight excluding hydrogens is 279 g/mol. The van der Waals surface area contributed by atoms with Crippen LogP contribution in [0.2, 0.25) is 10.0 Å². The van der Waals surface area contributed by atoms with Crippen LogP contribution in [0.1, 0.15) is 0 Å². The van der Waals surface area contributed by atoms with Gasteiger partial charge < -0.3 is 11.5 Å². The van der Waals surface area contributed by atoms with Gasteiger partial charge >= 0.3 is 0 Å². The lowest BCUT2D eigenvalue weighted by Gasteiger charge is -2.07. The Labute approximate surface area is 116 Å². The third-order valence-electron chi connectivity index (χ3n) is 2.30. The van der Waals surface area contributed by atoms with E-state index in [1.54, 1.807) is 24.3 Å². The fraction of sp³-hybridized carbons (Fsp3) is 0. The average Bonchev–Trinajstić information content (AvgIpc) is 2.22. The van der Waals surface area contributed by atoms with Gasteiger partial charge in [-0.05, 0) is 29.8 Å². The first-order valence-electron chi connectivity index (χ1n) is 4.68. The summed E-state index contributed by atoms with van der Waals surface area (Å²) in [6.07, 6.45) is 0. The first kappa shape index (κ1) is 14.0. The standard InChI is InChI=1S/C12H10Cl2N2.ClH/c13-10-6-8(15)2-3-9(10)7-1-4-12(16)11(14)5-7;/h1-6H,15-16H2;1H. The molecule has 0 aliphatic heterocycles. The van der Waals surface area contributed by atoms with E-state index in [4.69, 9.17) is 34.7 Å². The van der Waals surface area contributed by atoms with Crippen molar-refractivity contribution in [2.75, 3.05) is 11.5 Å². The first-order chi connectivity index (χ1) is 7.58. The lowest BCUT2D eigenvalue weighted by molar-refractivity contribution is 1.60. The Morgan fingerprint density at radius 3 is 2.12 bits per heavy atom. The molecule has 0 radical (unpaired) electrons. The fourth-order valence-corrected chi connectivity index (χ4v) is 1.94. The summed E-state index contributed by atoms with van der Waals surface area (Å²) in [6, 6.07) is 10.8. The van der Waals surface area contributed by atoms with Crippen LogP contribution in [0.15, 0.2) is 36.4 Å². The molecule has 2 nitrogen and oxygen atoms in total. The van der Waals surface area contributed by atoms with E-state index >= 15 is 0 Å². The SMILES string of the molecule is Cl.Nc1ccc(-c2ccc(N)c(Cl)c2)c(Cl)c1. The molecule has 0 unspecified atom stereocenters. The molecule has 0 spiro atoms. The van der Waals surface area contributed by atoms with Crippen LogP contribution < -0.4 is 11.5 Å². The second-order valence-corrected chi connectivity index (χ2v) is 4.29. The molecule has 90 valence electrons. The van der Waals surface area contributed by atoms with Gasteiger partial charge in [0.2, 0.25) is 0 Å². The van der Waals surface area contributed by atoms with Crippen molar-refractivity contribution in [1.82, 2.24) is 0 Å². The van der Waals surface area contributed by atoms with Gasteiger partial charge in [-0.3, -0.25) is 0 Å². The topological polar surface area (TPSA) is 52.0 Å². The number of hydrogen-bond donors (Lipinski definition) is 2. The van der Waals surface area contributed by atoms with Crippen molar-refractivity contribution in [3.63, 3.8) is 0 Å². The van der Waals surface area contributed by atoms with Crippen LogP contribution in [0.4, 0.5) is 11.4 Å². The molecule has 2 aromatic rings. The van der Waals surface area contributed by atoms with E-state index in [0.717, 1.165) is 11.1 Å². The van der Waals surface area contributed by atoms with Crippen LogP contribution >= 0.6 is 35.6 Å². The van der Waals surface area contributed by atoms with Crippen molar-refractivity contribution in [3.8, 4) is 11.1 Å². The Morgan fingerprint density at radius 1 is 0.824 bits per heavy atom. The third kappa shape index (κ3) is 2.97. The molecule has 2 aromatic carbocycles. The minimum Gasteiger partial charge on any atom is -0.399 e. The van der Waals surface area contributed by atoms with Gasteiger partial charge in [0, 0.05) is 11.3 Å². The lowest BCUT2D eigenvalue weighted by Crippen LogP contribution is -1.88. The van der Waals surface area contributed by atoms with Crippen LogP contribution in [0, 0.1) is 0 Å². The number of halogens is 3. The number of benzene rings is 2. The second kappa shape index (κ2) is 5.50. The van der Waals surface area contributed by atoms with Crippen LogP contribution in [-0.2, 0) is 0 Å². The highest BCUT2D eigenvalue weighted by molar-refractivity contribution is 6.34. The zero-order valence-corrected chi connectivity index (χ0v) is 11.1. The summed E-state index contributed by atoms with van der Waals surface area (Å²) >= 11 is 12.1. The quantitative estimate of drug-likeness (QED) is 0.771. The van der Waals surface area contributed by atoms with Crippen LogP contribution in [0.5, 0.6) is 0 Å². The molecule has 0 amide bonds. The van der Waals surface area contributed by atoms with Crippen LogP contribution in [-0.4, -0.2) is 0 Å². The number of anilines is 2. The predicted molar refractivity (Wildman–Crippen MR) is 78.0 cm³/mol. The van der Waals surface area contributed by atoms with E-state index in [1.807, 2.05) is 12.1 Å². The smallest absolute Gasteiger partial charge is 0.0641 e. The number of nitrogen functional groups attached to an aromatic ring is 2. The highest BCUT2D eigenvalue weighted by atomic mass is 35.5. The van der Waals surface area contributed by atoms with Gasteiger partial charge in [0.05, 0.1) is 15.7 Å². The van der Waals surface area contributed by atoms with Gasteiger partial charge in [-0.15, -0.1) is 12.4 Å². The molecule has 5 heteroatoms. The predicted octanol–water partition coefficient (Wildman–Crippen LogP) is 4.25. The van der Waals surface area contributed by atoms with Crippen LogP contribution in [0.3, 0.4) is 0 Å². The van der Waals surface area contributed by atoms with Gasteiger partial charge in [0.25, 0.3) is 0 Å². The Kier molecular flexibility index (Phi) is 4.52. The maximum atomic E-state index is 6.10. The fourth-order valence-electron chi connectivity index (χ4n) is 1.46. The lowest BCUT2D eigenvalue weighted by atomic mass is 10.0. The molecule has 0 atom stereocenters. The first-order valence-corrected chi connectivity index (χ1v) is 5.44. The number of rotatable bonds is 1. The molecule has 0 aromatic heterocycles. The van der Waals surface area contributed by atoms with Crippen molar-refractivity contribution >= 4 is 47.0 Å². The number of hydrogen-bond acceptors (Lipinski definition) is 2. The van der Waals surface area contributed by atoms with E-state index in [0.29, 0.717) is 21.4 Å². The molecule has 17 heavy (non-hydrogen) atoms. The summed E-state index contributed by atoms with van der Waals surface area (Å²) in [5, 5.41) is 1.12. The van der Waals surface area contributed by atoms with E-state index in [-0.39, 0.29) is 12.4 Å². The van der Waals surface area contributed by atoms with Gasteiger partial charge in [-0.1, -0.05) is 35.3 Å². The Bertz CT molecular complexity index is 541. The van der Waals surface area contributed by atoms with Crippen molar-refractivity contribution in [3.05, 3.63) is 46.4 Å². The summed E-state index contributed by atoms with van der Waals surface area (Å²) in [7, 11) is 0. The monoisotopic (exact) mass is 288 g/mol. The Hall–Kier alpha value is -1.09. The maximum Gasteiger partial charge on any atom is 0.0641 e. The normalized spacial score (nSPS) is 9.76. The van der Waals surface area contributed by atoms with E-state index < -0.39 is 0 Å². The second-order valence-electron chi connectivity index (χ2n) is 3.48. The van der Waals surface area contributed by atoms with Crippen molar-refractivity contribution in [2.24, 2.45) is 0 Å². The molecule has 0 saturated carbocycles. The zero-order valence-electron chi connectivity index (χ0n) is 8.78. The van der Waals surface area contributed by atoms with E-state index in [1.165, 1.54) is 0 Å². The van der Waals surface area contributed by atoms with Gasteiger partial charge in [0.15, 0.2) is 0 Å². The highest BCUT2D eigenvalue weighted by Crippen LogP contribution is 2.32. The van der Waals surface area contributed by atoms with Gasteiger partial charge in [-0.25, -0.2) is 0 Å². The summed E-state index contributed by atoms with van der Waals surface area (Å²) < 4.78 is 0. The zero-order chi connectivity index (χ0) is 11.7. The molecule has 0 heterocycles. The molecule has 0 aliphatic rings. The minimum absolute atomic E-state index is 0. The Morgan fingerprint density at radius 2 is 1.53 bits per heavy atom. The molecule has 0 saturated heterocycles. The minimum atomic E-state index is 0. The number of nitrogens with two attached hydrogens (primary N) is 2. The molecule has 0 bridgehead atoms. The molecule has 0 fully saturated rings.